The van der Waals surface area contributed by atoms with E-state index in [0.29, 0.717) is 19.4 Å². The van der Waals surface area contributed by atoms with Gasteiger partial charge < -0.3 is 26.2 Å². The Balaban J connectivity index is 1.51. The Labute approximate surface area is 219 Å². The Morgan fingerprint density at radius 2 is 1.70 bits per heavy atom. The zero-order valence-corrected chi connectivity index (χ0v) is 22.2. The van der Waals surface area contributed by atoms with Gasteiger partial charge in [-0.3, -0.25) is 19.2 Å². The van der Waals surface area contributed by atoms with E-state index in [9.17, 15) is 19.2 Å². The number of nitrogens with one attached hydrogen (secondary N) is 4. The molecule has 0 spiro atoms. The van der Waals surface area contributed by atoms with Gasteiger partial charge in [-0.25, -0.2) is 0 Å². The van der Waals surface area contributed by atoms with E-state index in [4.69, 9.17) is 0 Å². The third-order valence-electron chi connectivity index (χ3n) is 8.27. The van der Waals surface area contributed by atoms with Crippen molar-refractivity contribution in [1.29, 1.82) is 0 Å². The SMILES string of the molecule is CN[C@@H](C)C(=O)N[C@H](C(=O)N1CCCC1C(=O)N[C@H]1c2ccccc2C[C@H]1NC(C)=O)C1CCCCC1. The number of likely N-dealkylation sites (tertiary alicyclic amines) is 1. The predicted octanol–water partition coefficient (Wildman–Crippen LogP) is 1.57. The molecule has 9 nitrogen and oxygen atoms in total. The van der Waals surface area contributed by atoms with Crippen molar-refractivity contribution in [3.63, 3.8) is 0 Å². The molecule has 0 aromatic heterocycles. The van der Waals surface area contributed by atoms with E-state index in [2.05, 4.69) is 21.3 Å². The van der Waals surface area contributed by atoms with Crippen molar-refractivity contribution in [3.8, 4) is 0 Å². The highest BCUT2D eigenvalue weighted by Crippen LogP contribution is 2.33. The van der Waals surface area contributed by atoms with Crippen LogP contribution in [0.4, 0.5) is 0 Å². The molecule has 1 aromatic rings. The Morgan fingerprint density at radius 3 is 2.41 bits per heavy atom. The zero-order valence-electron chi connectivity index (χ0n) is 22.2. The Kier molecular flexibility index (Phi) is 8.84. The van der Waals surface area contributed by atoms with Gasteiger partial charge in [-0.2, -0.15) is 0 Å². The van der Waals surface area contributed by atoms with Gasteiger partial charge in [-0.15, -0.1) is 0 Å². The normalized spacial score (nSPS) is 25.2. The molecular weight excluding hydrogens is 470 g/mol. The van der Waals surface area contributed by atoms with Crippen LogP contribution in [0.15, 0.2) is 24.3 Å². The van der Waals surface area contributed by atoms with Crippen molar-refractivity contribution >= 4 is 23.6 Å². The second-order valence-corrected chi connectivity index (χ2v) is 10.8. The largest absolute Gasteiger partial charge is 0.351 e. The van der Waals surface area contributed by atoms with Crippen molar-refractivity contribution in [1.82, 2.24) is 26.2 Å². The molecule has 2 aliphatic carbocycles. The van der Waals surface area contributed by atoms with Gasteiger partial charge in [0.1, 0.15) is 12.1 Å². The van der Waals surface area contributed by atoms with Crippen molar-refractivity contribution < 1.29 is 19.2 Å². The molecular formula is C28H41N5O4. The summed E-state index contributed by atoms with van der Waals surface area (Å²) in [5.74, 6) is -0.639. The average Bonchev–Trinajstić information content (AvgIpc) is 3.52. The van der Waals surface area contributed by atoms with Gasteiger partial charge in [0.2, 0.25) is 23.6 Å². The number of carbonyl (C=O) groups excluding carboxylic acids is 4. The number of benzene rings is 1. The first-order valence-corrected chi connectivity index (χ1v) is 13.7. The second kappa shape index (κ2) is 12.1. The predicted molar refractivity (Wildman–Crippen MR) is 140 cm³/mol. The summed E-state index contributed by atoms with van der Waals surface area (Å²) in [7, 11) is 1.72. The van der Waals surface area contributed by atoms with E-state index >= 15 is 0 Å². The number of nitrogens with zero attached hydrogens (tertiary/aromatic N) is 1. The van der Waals surface area contributed by atoms with Crippen molar-refractivity contribution in [2.75, 3.05) is 13.6 Å². The van der Waals surface area contributed by atoms with Crippen LogP contribution < -0.4 is 21.3 Å². The van der Waals surface area contributed by atoms with Gasteiger partial charge in [0.05, 0.1) is 18.1 Å². The molecule has 0 radical (unpaired) electrons. The minimum absolute atomic E-state index is 0.0735. The monoisotopic (exact) mass is 511 g/mol. The molecule has 202 valence electrons. The van der Waals surface area contributed by atoms with Crippen LogP contribution >= 0.6 is 0 Å². The fourth-order valence-electron chi connectivity index (χ4n) is 6.16. The quantitative estimate of drug-likeness (QED) is 0.422. The Bertz CT molecular complexity index is 1010. The molecule has 5 atom stereocenters. The first kappa shape index (κ1) is 27.1. The van der Waals surface area contributed by atoms with Crippen molar-refractivity contribution in [2.24, 2.45) is 5.92 Å². The van der Waals surface area contributed by atoms with Crippen molar-refractivity contribution in [3.05, 3.63) is 35.4 Å². The standard InChI is InChI=1S/C28H41N5O4/c1-17(29-3)26(35)31-24(19-10-5-4-6-11-19)28(37)33-15-9-14-23(33)27(36)32-25-21-13-8-7-12-20(21)16-22(25)30-18(2)34/h7-8,12-13,17,19,22-25,29H,4-6,9-11,14-16H2,1-3H3,(H,30,34)(H,31,35)(H,32,36)/t17-,22+,23?,24-,25-/m0/s1. The molecule has 1 heterocycles. The number of carbonyl (C=O) groups is 4. The lowest BCUT2D eigenvalue weighted by Crippen LogP contribution is -2.58. The topological polar surface area (TPSA) is 120 Å². The van der Waals surface area contributed by atoms with Gasteiger partial charge in [-0.1, -0.05) is 43.5 Å². The first-order chi connectivity index (χ1) is 17.8. The summed E-state index contributed by atoms with van der Waals surface area (Å²) in [6, 6.07) is 5.67. The molecule has 37 heavy (non-hydrogen) atoms. The van der Waals surface area contributed by atoms with E-state index in [1.54, 1.807) is 18.9 Å². The third kappa shape index (κ3) is 6.14. The third-order valence-corrected chi connectivity index (χ3v) is 8.27. The van der Waals surface area contributed by atoms with E-state index in [0.717, 1.165) is 49.7 Å². The number of amides is 4. The summed E-state index contributed by atoms with van der Waals surface area (Å²) in [5, 5.41) is 12.1. The minimum atomic E-state index is -0.628. The van der Waals surface area contributed by atoms with Gasteiger partial charge >= 0.3 is 0 Å². The average molecular weight is 512 g/mol. The summed E-state index contributed by atoms with van der Waals surface area (Å²) in [4.78, 5) is 53.8. The maximum absolute atomic E-state index is 13.9. The summed E-state index contributed by atoms with van der Waals surface area (Å²) < 4.78 is 0. The van der Waals surface area contributed by atoms with E-state index in [1.165, 1.54) is 6.92 Å². The van der Waals surface area contributed by atoms with Gasteiger partial charge in [0.15, 0.2) is 0 Å². The number of likely N-dealkylation sites (N-methyl/N-ethyl adjacent to an activating group) is 1. The fourth-order valence-corrected chi connectivity index (χ4v) is 6.16. The fraction of sp³-hybridized carbons (Fsp3) is 0.643. The van der Waals surface area contributed by atoms with Crippen molar-refractivity contribution in [2.45, 2.75) is 95.4 Å². The maximum atomic E-state index is 13.9. The number of rotatable bonds is 8. The number of hydrogen-bond acceptors (Lipinski definition) is 5. The van der Waals surface area contributed by atoms with Crippen LogP contribution in [-0.2, 0) is 25.6 Å². The molecule has 1 aliphatic heterocycles. The van der Waals surface area contributed by atoms with Crippen LogP contribution in [0, 0.1) is 5.92 Å². The maximum Gasteiger partial charge on any atom is 0.246 e. The lowest BCUT2D eigenvalue weighted by atomic mass is 9.83. The summed E-state index contributed by atoms with van der Waals surface area (Å²) in [5.41, 5.74) is 2.10. The van der Waals surface area contributed by atoms with Crippen LogP contribution in [0.5, 0.6) is 0 Å². The number of hydrogen-bond donors (Lipinski definition) is 4. The van der Waals surface area contributed by atoms with Gasteiger partial charge in [0.25, 0.3) is 0 Å². The molecule has 4 rings (SSSR count). The van der Waals surface area contributed by atoms with E-state index in [1.807, 2.05) is 24.3 Å². The molecule has 4 amide bonds. The Morgan fingerprint density at radius 1 is 0.973 bits per heavy atom. The molecule has 1 saturated carbocycles. The van der Waals surface area contributed by atoms with Crippen LogP contribution in [-0.4, -0.2) is 66.3 Å². The van der Waals surface area contributed by atoms with Crippen LogP contribution in [0.3, 0.4) is 0 Å². The highest BCUT2D eigenvalue weighted by molar-refractivity contribution is 5.93. The second-order valence-electron chi connectivity index (χ2n) is 10.8. The smallest absolute Gasteiger partial charge is 0.246 e. The van der Waals surface area contributed by atoms with E-state index in [-0.39, 0.29) is 41.6 Å². The molecule has 4 N–H and O–H groups in total. The first-order valence-electron chi connectivity index (χ1n) is 13.7. The highest BCUT2D eigenvalue weighted by atomic mass is 16.2. The van der Waals surface area contributed by atoms with Gasteiger partial charge in [-0.05, 0) is 63.1 Å². The number of fused-ring (bicyclic) bond motifs is 1. The lowest BCUT2D eigenvalue weighted by Gasteiger charge is -2.35. The molecule has 9 heteroatoms. The summed E-state index contributed by atoms with van der Waals surface area (Å²) in [6.07, 6.45) is 6.98. The Hall–Kier alpha value is -2.94. The molecule has 3 aliphatic rings. The lowest BCUT2D eigenvalue weighted by molar-refractivity contribution is -0.143. The molecule has 0 bridgehead atoms. The highest BCUT2D eigenvalue weighted by Gasteiger charge is 2.42. The molecule has 1 unspecified atom stereocenters. The zero-order chi connectivity index (χ0) is 26.5. The van der Waals surface area contributed by atoms with Crippen LogP contribution in [0.2, 0.25) is 0 Å². The van der Waals surface area contributed by atoms with Crippen LogP contribution in [0.25, 0.3) is 0 Å². The van der Waals surface area contributed by atoms with Gasteiger partial charge in [0, 0.05) is 13.5 Å². The summed E-state index contributed by atoms with van der Waals surface area (Å²) >= 11 is 0. The van der Waals surface area contributed by atoms with E-state index < -0.39 is 18.1 Å². The minimum Gasteiger partial charge on any atom is -0.351 e. The van der Waals surface area contributed by atoms with Crippen LogP contribution in [0.1, 0.15) is 76.0 Å². The molecule has 2 fully saturated rings. The summed E-state index contributed by atoms with van der Waals surface area (Å²) in [6.45, 7) is 3.75. The molecule has 1 saturated heterocycles. The molecule has 1 aromatic carbocycles.